The largest absolute Gasteiger partial charge is 0.235 e. The van der Waals surface area contributed by atoms with Gasteiger partial charge in [-0.15, -0.1) is 5.01 Å². The van der Waals surface area contributed by atoms with Crippen LogP contribution in [-0.4, -0.2) is 23.1 Å². The Kier molecular flexibility index (Phi) is 14.0. The van der Waals surface area contributed by atoms with Crippen LogP contribution in [0.15, 0.2) is 0 Å². The zero-order chi connectivity index (χ0) is 15.1. The highest BCUT2D eigenvalue weighted by Crippen LogP contribution is 2.08. The summed E-state index contributed by atoms with van der Waals surface area (Å²) in [5.41, 5.74) is 0. The maximum absolute atomic E-state index is 11.0. The van der Waals surface area contributed by atoms with Crippen LogP contribution < -0.4 is 0 Å². The van der Waals surface area contributed by atoms with E-state index in [1.54, 1.807) is 0 Å². The Labute approximate surface area is 125 Å². The lowest BCUT2D eigenvalue weighted by Crippen LogP contribution is -2.32. The first kappa shape index (κ1) is 19.2. The molecule has 0 heterocycles. The van der Waals surface area contributed by atoms with E-state index in [1.807, 2.05) is 0 Å². The number of nitro groups is 1. The molecule has 0 unspecified atom stereocenters. The van der Waals surface area contributed by atoms with Crippen molar-refractivity contribution in [2.75, 3.05) is 13.1 Å². The third-order valence-electron chi connectivity index (χ3n) is 3.77. The number of hydrogen-bond acceptors (Lipinski definition) is 2. The molecule has 0 rings (SSSR count). The summed E-state index contributed by atoms with van der Waals surface area (Å²) in [4.78, 5) is 11.0. The Balaban J connectivity index is 3.53. The molecule has 0 radical (unpaired) electrons. The summed E-state index contributed by atoms with van der Waals surface area (Å²) in [5, 5.41) is 12.2. The van der Waals surface area contributed by atoms with E-state index < -0.39 is 0 Å². The smallest absolute Gasteiger partial charge is 0.160 e. The number of nitrogens with zero attached hydrogens (tertiary/aromatic N) is 2. The van der Waals surface area contributed by atoms with Crippen molar-refractivity contribution in [1.82, 2.24) is 5.01 Å². The lowest BCUT2D eigenvalue weighted by Gasteiger charge is -2.14. The molecule has 0 N–H and O–H groups in total. The molecular weight excluding hydrogens is 252 g/mol. The maximum Gasteiger partial charge on any atom is 0.160 e. The predicted octanol–water partition coefficient (Wildman–Crippen LogP) is 5.20. The molecule has 0 aliphatic rings. The molecule has 0 aliphatic carbocycles. The van der Waals surface area contributed by atoms with Crippen molar-refractivity contribution in [2.24, 2.45) is 0 Å². The minimum absolute atomic E-state index is 0.210. The number of rotatable bonds is 15. The van der Waals surface area contributed by atoms with Gasteiger partial charge in [-0.3, -0.25) is 0 Å². The van der Waals surface area contributed by atoms with Gasteiger partial charge in [0.2, 0.25) is 0 Å². The topological polar surface area (TPSA) is 46.4 Å². The lowest BCUT2D eigenvalue weighted by atomic mass is 10.1. The van der Waals surface area contributed by atoms with E-state index in [2.05, 4.69) is 13.8 Å². The molecule has 0 atom stereocenters. The SMILES string of the molecule is CCCCCCCCN(CCCCCCCC)[N+](=O)[O-]. The average Bonchev–Trinajstić information content (AvgIpc) is 2.43. The van der Waals surface area contributed by atoms with Crippen LogP contribution >= 0.6 is 0 Å². The Morgan fingerprint density at radius 1 is 0.700 bits per heavy atom. The fourth-order valence-corrected chi connectivity index (χ4v) is 2.42. The molecule has 4 nitrogen and oxygen atoms in total. The monoisotopic (exact) mass is 286 g/mol. The first-order valence-corrected chi connectivity index (χ1v) is 8.61. The summed E-state index contributed by atoms with van der Waals surface area (Å²) in [6.07, 6.45) is 14.2. The molecular formula is C16H34N2O2. The van der Waals surface area contributed by atoms with Crippen LogP contribution in [0, 0.1) is 10.1 Å². The van der Waals surface area contributed by atoms with Gasteiger partial charge in [-0.25, -0.2) is 10.1 Å². The van der Waals surface area contributed by atoms with Crippen molar-refractivity contribution >= 4 is 0 Å². The third kappa shape index (κ3) is 12.2. The lowest BCUT2D eigenvalue weighted by molar-refractivity contribution is -0.655. The van der Waals surface area contributed by atoms with Crippen molar-refractivity contribution < 1.29 is 5.03 Å². The maximum atomic E-state index is 11.0. The summed E-state index contributed by atoms with van der Waals surface area (Å²) < 4.78 is 0. The highest BCUT2D eigenvalue weighted by atomic mass is 16.7. The van der Waals surface area contributed by atoms with Gasteiger partial charge in [0.15, 0.2) is 5.03 Å². The van der Waals surface area contributed by atoms with Gasteiger partial charge in [0, 0.05) is 0 Å². The molecule has 0 saturated heterocycles. The summed E-state index contributed by atoms with van der Waals surface area (Å²) in [6, 6.07) is 0. The van der Waals surface area contributed by atoms with Gasteiger partial charge < -0.3 is 0 Å². The fourth-order valence-electron chi connectivity index (χ4n) is 2.42. The zero-order valence-corrected chi connectivity index (χ0v) is 13.6. The molecule has 0 aliphatic heterocycles. The second-order valence-corrected chi connectivity index (χ2v) is 5.73. The Hall–Kier alpha value is -0.800. The molecule has 120 valence electrons. The highest BCUT2D eigenvalue weighted by molar-refractivity contribution is 4.51. The van der Waals surface area contributed by atoms with Crippen LogP contribution in [0.25, 0.3) is 0 Å². The minimum atomic E-state index is -0.210. The Morgan fingerprint density at radius 2 is 1.05 bits per heavy atom. The second-order valence-electron chi connectivity index (χ2n) is 5.73. The van der Waals surface area contributed by atoms with Crippen LogP contribution in [0.1, 0.15) is 90.9 Å². The minimum Gasteiger partial charge on any atom is -0.235 e. The highest BCUT2D eigenvalue weighted by Gasteiger charge is 2.12. The van der Waals surface area contributed by atoms with Crippen LogP contribution in [0.5, 0.6) is 0 Å². The zero-order valence-electron chi connectivity index (χ0n) is 13.6. The summed E-state index contributed by atoms with van der Waals surface area (Å²) >= 11 is 0. The summed E-state index contributed by atoms with van der Waals surface area (Å²) in [6.45, 7) is 5.64. The van der Waals surface area contributed by atoms with Gasteiger partial charge >= 0.3 is 0 Å². The number of hydrogen-bond donors (Lipinski definition) is 0. The predicted molar refractivity (Wildman–Crippen MR) is 85.3 cm³/mol. The van der Waals surface area contributed by atoms with Crippen LogP contribution in [0.2, 0.25) is 0 Å². The van der Waals surface area contributed by atoms with Crippen molar-refractivity contribution in [3.63, 3.8) is 0 Å². The molecule has 0 amide bonds. The van der Waals surface area contributed by atoms with Crippen LogP contribution in [-0.2, 0) is 0 Å². The molecule has 0 aromatic carbocycles. The van der Waals surface area contributed by atoms with E-state index in [0.29, 0.717) is 13.1 Å². The van der Waals surface area contributed by atoms with Crippen molar-refractivity contribution in [3.8, 4) is 0 Å². The van der Waals surface area contributed by atoms with E-state index >= 15 is 0 Å². The second kappa shape index (κ2) is 14.6. The van der Waals surface area contributed by atoms with E-state index in [-0.39, 0.29) is 5.03 Å². The molecule has 20 heavy (non-hydrogen) atoms. The summed E-state index contributed by atoms with van der Waals surface area (Å²) in [7, 11) is 0. The fraction of sp³-hybridized carbons (Fsp3) is 1.00. The van der Waals surface area contributed by atoms with Gasteiger partial charge in [-0.2, -0.15) is 0 Å². The number of unbranched alkanes of at least 4 members (excludes halogenated alkanes) is 10. The molecule has 4 heteroatoms. The Bertz CT molecular complexity index is 207. The van der Waals surface area contributed by atoms with Gasteiger partial charge in [0.1, 0.15) is 0 Å². The Morgan fingerprint density at radius 3 is 1.40 bits per heavy atom. The standard InChI is InChI=1S/C16H34N2O2/c1-3-5-7-9-11-13-15-17(18(19)20)16-14-12-10-8-6-4-2/h3-16H2,1-2H3. The van der Waals surface area contributed by atoms with Crippen LogP contribution in [0.4, 0.5) is 0 Å². The third-order valence-corrected chi connectivity index (χ3v) is 3.77. The van der Waals surface area contributed by atoms with E-state index in [9.17, 15) is 10.1 Å². The molecule has 0 aromatic heterocycles. The summed E-state index contributed by atoms with van der Waals surface area (Å²) in [5.74, 6) is 0. The van der Waals surface area contributed by atoms with Crippen LogP contribution in [0.3, 0.4) is 0 Å². The molecule has 0 spiro atoms. The van der Waals surface area contributed by atoms with Gasteiger partial charge in [0.05, 0.1) is 13.1 Å². The van der Waals surface area contributed by atoms with Gasteiger partial charge in [-0.1, -0.05) is 78.1 Å². The molecule has 0 aromatic rings. The van der Waals surface area contributed by atoms with Crippen molar-refractivity contribution in [3.05, 3.63) is 10.1 Å². The van der Waals surface area contributed by atoms with E-state index in [1.165, 1.54) is 56.4 Å². The van der Waals surface area contributed by atoms with E-state index in [4.69, 9.17) is 0 Å². The van der Waals surface area contributed by atoms with Gasteiger partial charge in [-0.05, 0) is 12.8 Å². The van der Waals surface area contributed by atoms with E-state index in [0.717, 1.165) is 25.7 Å². The van der Waals surface area contributed by atoms with Crippen molar-refractivity contribution in [1.29, 1.82) is 0 Å². The van der Waals surface area contributed by atoms with Gasteiger partial charge in [0.25, 0.3) is 0 Å². The molecule has 0 saturated carbocycles. The molecule has 0 fully saturated rings. The first-order chi connectivity index (χ1) is 9.72. The normalized spacial score (nSPS) is 10.7. The average molecular weight is 286 g/mol. The van der Waals surface area contributed by atoms with Crippen molar-refractivity contribution in [2.45, 2.75) is 90.9 Å². The quantitative estimate of drug-likeness (QED) is 0.236. The number of hydrazine groups is 1. The first-order valence-electron chi connectivity index (χ1n) is 8.61. The molecule has 0 bridgehead atoms.